The van der Waals surface area contributed by atoms with Crippen molar-refractivity contribution >= 4 is 25.6 Å². The molecule has 0 aliphatic rings. The van der Waals surface area contributed by atoms with E-state index in [0.29, 0.717) is 24.2 Å². The number of rotatable bonds is 6. The number of amides is 1. The molecule has 1 N–H and O–H groups in total. The molecule has 5 nitrogen and oxygen atoms in total. The van der Waals surface area contributed by atoms with E-state index in [1.54, 1.807) is 27.0 Å². The molecule has 118 valence electrons. The fourth-order valence-corrected chi connectivity index (χ4v) is 3.16. The van der Waals surface area contributed by atoms with Gasteiger partial charge >= 0.3 is 0 Å². The summed E-state index contributed by atoms with van der Waals surface area (Å²) in [5.41, 5.74) is 1.53. The molecule has 1 rings (SSSR count). The van der Waals surface area contributed by atoms with Gasteiger partial charge in [0.1, 0.15) is 0 Å². The van der Waals surface area contributed by atoms with Gasteiger partial charge in [0.15, 0.2) is 0 Å². The Hall–Kier alpha value is -1.11. The van der Waals surface area contributed by atoms with Crippen molar-refractivity contribution in [3.63, 3.8) is 0 Å². The van der Waals surface area contributed by atoms with Crippen LogP contribution in [0.25, 0.3) is 0 Å². The van der Waals surface area contributed by atoms with Crippen LogP contribution < -0.4 is 5.32 Å². The summed E-state index contributed by atoms with van der Waals surface area (Å²) in [6.45, 7) is 5.80. The highest BCUT2D eigenvalue weighted by molar-refractivity contribution is 8.13. The van der Waals surface area contributed by atoms with Gasteiger partial charge in [-0.3, -0.25) is 4.79 Å². The Bertz CT molecular complexity index is 628. The van der Waals surface area contributed by atoms with Crippen LogP contribution in [0.2, 0.25) is 0 Å². The van der Waals surface area contributed by atoms with Crippen LogP contribution in [0.5, 0.6) is 0 Å². The van der Waals surface area contributed by atoms with Gasteiger partial charge < -0.3 is 10.1 Å². The number of hydrogen-bond donors (Lipinski definition) is 1. The molecule has 0 aromatic heterocycles. The SMILES string of the molecule is COCCC(C)NC(=O)c1cc(C)c(C)c(S(=O)(=O)Cl)c1. The van der Waals surface area contributed by atoms with E-state index in [1.165, 1.54) is 6.07 Å². The zero-order chi connectivity index (χ0) is 16.2. The summed E-state index contributed by atoms with van der Waals surface area (Å²) in [6.07, 6.45) is 0.674. The lowest BCUT2D eigenvalue weighted by molar-refractivity contribution is 0.0929. The normalized spacial score (nSPS) is 13.0. The second-order valence-electron chi connectivity index (χ2n) is 5.01. The lowest BCUT2D eigenvalue weighted by Crippen LogP contribution is -2.33. The first-order chi connectivity index (χ1) is 9.66. The number of benzene rings is 1. The van der Waals surface area contributed by atoms with Crippen molar-refractivity contribution in [3.05, 3.63) is 28.8 Å². The van der Waals surface area contributed by atoms with Gasteiger partial charge in [0.25, 0.3) is 15.0 Å². The largest absolute Gasteiger partial charge is 0.385 e. The smallest absolute Gasteiger partial charge is 0.261 e. The van der Waals surface area contributed by atoms with Crippen molar-refractivity contribution in [2.75, 3.05) is 13.7 Å². The lowest BCUT2D eigenvalue weighted by Gasteiger charge is -2.15. The standard InChI is InChI=1S/C14H20ClNO4S/c1-9-7-12(8-13(11(9)3)21(15,18)19)14(17)16-10(2)5-6-20-4/h7-8,10H,5-6H2,1-4H3,(H,16,17). The third kappa shape index (κ3) is 4.98. The van der Waals surface area contributed by atoms with Gasteiger partial charge in [-0.25, -0.2) is 8.42 Å². The second-order valence-corrected chi connectivity index (χ2v) is 7.54. The van der Waals surface area contributed by atoms with Crippen LogP contribution in [-0.2, 0) is 13.8 Å². The maximum absolute atomic E-state index is 12.2. The first-order valence-corrected chi connectivity index (χ1v) is 8.83. The molecule has 0 aliphatic heterocycles. The van der Waals surface area contributed by atoms with Gasteiger partial charge in [-0.15, -0.1) is 0 Å². The third-order valence-electron chi connectivity index (χ3n) is 3.28. The molecule has 0 saturated carbocycles. The molecule has 1 aromatic rings. The molecule has 7 heteroatoms. The predicted octanol–water partition coefficient (Wildman–Crippen LogP) is 2.39. The topological polar surface area (TPSA) is 72.5 Å². The van der Waals surface area contributed by atoms with Crippen LogP contribution in [0.3, 0.4) is 0 Å². The number of hydrogen-bond acceptors (Lipinski definition) is 4. The fourth-order valence-electron chi connectivity index (χ4n) is 1.89. The average Bonchev–Trinajstić information content (AvgIpc) is 2.37. The molecule has 0 heterocycles. The minimum Gasteiger partial charge on any atom is -0.385 e. The van der Waals surface area contributed by atoms with E-state index in [0.717, 1.165) is 0 Å². The van der Waals surface area contributed by atoms with E-state index >= 15 is 0 Å². The van der Waals surface area contributed by atoms with E-state index in [4.69, 9.17) is 15.4 Å². The van der Waals surface area contributed by atoms with Crippen molar-refractivity contribution in [1.82, 2.24) is 5.32 Å². The lowest BCUT2D eigenvalue weighted by atomic mass is 10.1. The number of halogens is 1. The first-order valence-electron chi connectivity index (χ1n) is 6.52. The van der Waals surface area contributed by atoms with Crippen LogP contribution in [0.4, 0.5) is 0 Å². The van der Waals surface area contributed by atoms with E-state index < -0.39 is 9.05 Å². The minimum absolute atomic E-state index is 0.0288. The molecule has 0 spiro atoms. The van der Waals surface area contributed by atoms with Crippen molar-refractivity contribution in [3.8, 4) is 0 Å². The molecular weight excluding hydrogens is 314 g/mol. The molecule has 1 atom stereocenters. The maximum Gasteiger partial charge on any atom is 0.261 e. The molecule has 0 aliphatic carbocycles. The van der Waals surface area contributed by atoms with Crippen molar-refractivity contribution < 1.29 is 17.9 Å². The summed E-state index contributed by atoms with van der Waals surface area (Å²) in [4.78, 5) is 12.1. The highest BCUT2D eigenvalue weighted by atomic mass is 35.7. The van der Waals surface area contributed by atoms with E-state index in [2.05, 4.69) is 5.32 Å². The van der Waals surface area contributed by atoms with Gasteiger partial charge in [-0.05, 0) is 50.5 Å². The Balaban J connectivity index is 3.04. The molecular formula is C14H20ClNO4S. The van der Waals surface area contributed by atoms with Crippen LogP contribution in [0.1, 0.15) is 34.8 Å². The van der Waals surface area contributed by atoms with Crippen LogP contribution in [-0.4, -0.2) is 34.1 Å². The van der Waals surface area contributed by atoms with E-state index in [1.807, 2.05) is 6.92 Å². The van der Waals surface area contributed by atoms with Crippen molar-refractivity contribution in [1.29, 1.82) is 0 Å². The first kappa shape index (κ1) is 17.9. The van der Waals surface area contributed by atoms with E-state index in [-0.39, 0.29) is 22.4 Å². The Morgan fingerprint density at radius 1 is 1.38 bits per heavy atom. The number of methoxy groups -OCH3 is 1. The summed E-state index contributed by atoms with van der Waals surface area (Å²) in [7, 11) is 3.12. The quantitative estimate of drug-likeness (QED) is 0.811. The number of carbonyl (C=O) groups excluding carboxylic acids is 1. The fraction of sp³-hybridized carbons (Fsp3) is 0.500. The summed E-state index contributed by atoms with van der Waals surface area (Å²) in [5.74, 6) is -0.330. The summed E-state index contributed by atoms with van der Waals surface area (Å²) in [5, 5.41) is 2.80. The summed E-state index contributed by atoms with van der Waals surface area (Å²) < 4.78 is 28.1. The zero-order valence-corrected chi connectivity index (χ0v) is 14.1. The summed E-state index contributed by atoms with van der Waals surface area (Å²) in [6, 6.07) is 2.89. The van der Waals surface area contributed by atoms with Crippen LogP contribution >= 0.6 is 10.7 Å². The van der Waals surface area contributed by atoms with Crippen molar-refractivity contribution in [2.24, 2.45) is 0 Å². The predicted molar refractivity (Wildman–Crippen MR) is 82.4 cm³/mol. The van der Waals surface area contributed by atoms with Gasteiger partial charge in [0.05, 0.1) is 4.90 Å². The molecule has 21 heavy (non-hydrogen) atoms. The van der Waals surface area contributed by atoms with Crippen molar-refractivity contribution in [2.45, 2.75) is 38.1 Å². The Morgan fingerprint density at radius 3 is 2.52 bits per heavy atom. The van der Waals surface area contributed by atoms with Gasteiger partial charge in [0.2, 0.25) is 0 Å². The van der Waals surface area contributed by atoms with Crippen LogP contribution in [0, 0.1) is 13.8 Å². The Morgan fingerprint density at radius 2 is 2.00 bits per heavy atom. The molecule has 0 bridgehead atoms. The van der Waals surface area contributed by atoms with Gasteiger partial charge in [0, 0.05) is 36.0 Å². The molecule has 1 amide bonds. The molecule has 0 fully saturated rings. The molecule has 1 aromatic carbocycles. The Labute approximate surface area is 130 Å². The van der Waals surface area contributed by atoms with Gasteiger partial charge in [-0.1, -0.05) is 0 Å². The van der Waals surface area contributed by atoms with Crippen LogP contribution in [0.15, 0.2) is 17.0 Å². The zero-order valence-electron chi connectivity index (χ0n) is 12.6. The molecule has 0 radical (unpaired) electrons. The Kier molecular flexibility index (Phi) is 6.19. The highest BCUT2D eigenvalue weighted by Gasteiger charge is 2.19. The highest BCUT2D eigenvalue weighted by Crippen LogP contribution is 2.24. The minimum atomic E-state index is -3.88. The summed E-state index contributed by atoms with van der Waals surface area (Å²) >= 11 is 0. The number of carbonyl (C=O) groups is 1. The number of nitrogens with one attached hydrogen (secondary N) is 1. The maximum atomic E-state index is 12.2. The molecule has 1 unspecified atom stereocenters. The number of ether oxygens (including phenoxy) is 1. The third-order valence-corrected chi connectivity index (χ3v) is 4.73. The van der Waals surface area contributed by atoms with E-state index in [9.17, 15) is 13.2 Å². The molecule has 0 saturated heterocycles. The van der Waals surface area contributed by atoms with Gasteiger partial charge in [-0.2, -0.15) is 0 Å². The monoisotopic (exact) mass is 333 g/mol. The second kappa shape index (κ2) is 7.24. The average molecular weight is 334 g/mol. The number of aryl methyl sites for hydroxylation is 1.